The Balaban J connectivity index is 2.02. The summed E-state index contributed by atoms with van der Waals surface area (Å²) in [5.74, 6) is -0.229. The number of ether oxygens (including phenoxy) is 1. The first kappa shape index (κ1) is 15.1. The maximum absolute atomic E-state index is 13.1. The summed E-state index contributed by atoms with van der Waals surface area (Å²) < 4.78 is 19.1. The van der Waals surface area contributed by atoms with Crippen LogP contribution in [-0.2, 0) is 0 Å². The van der Waals surface area contributed by atoms with E-state index < -0.39 is 5.82 Å². The SMILES string of the molecule is CSc1ccc(C(=O)COc2cc(F)ccc2Br)cc1. The van der Waals surface area contributed by atoms with Gasteiger partial charge in [-0.25, -0.2) is 4.39 Å². The molecule has 104 valence electrons. The average Bonchev–Trinajstić information content (AvgIpc) is 2.48. The zero-order valence-corrected chi connectivity index (χ0v) is 13.1. The normalized spacial score (nSPS) is 10.3. The monoisotopic (exact) mass is 354 g/mol. The first-order valence-electron chi connectivity index (χ1n) is 5.85. The predicted molar refractivity (Wildman–Crippen MR) is 82.1 cm³/mol. The van der Waals surface area contributed by atoms with Gasteiger partial charge in [0.05, 0.1) is 4.47 Å². The van der Waals surface area contributed by atoms with Gasteiger partial charge in [0.1, 0.15) is 11.6 Å². The second kappa shape index (κ2) is 6.90. The molecular weight excluding hydrogens is 343 g/mol. The highest BCUT2D eigenvalue weighted by Gasteiger charge is 2.09. The van der Waals surface area contributed by atoms with Gasteiger partial charge in [0.15, 0.2) is 12.4 Å². The third-order valence-corrected chi connectivity index (χ3v) is 4.06. The van der Waals surface area contributed by atoms with Crippen molar-refractivity contribution in [2.24, 2.45) is 0 Å². The number of halogens is 2. The van der Waals surface area contributed by atoms with Crippen molar-refractivity contribution >= 4 is 33.5 Å². The van der Waals surface area contributed by atoms with Crippen LogP contribution in [0.5, 0.6) is 5.75 Å². The Morgan fingerprint density at radius 2 is 1.95 bits per heavy atom. The molecule has 0 saturated heterocycles. The van der Waals surface area contributed by atoms with Crippen LogP contribution >= 0.6 is 27.7 Å². The van der Waals surface area contributed by atoms with Crippen LogP contribution in [0.3, 0.4) is 0 Å². The Kier molecular flexibility index (Phi) is 5.20. The molecule has 0 amide bonds. The molecule has 5 heteroatoms. The fourth-order valence-electron chi connectivity index (χ4n) is 1.59. The second-order valence-corrected chi connectivity index (χ2v) is 5.75. The lowest BCUT2D eigenvalue weighted by molar-refractivity contribution is 0.0920. The molecule has 0 saturated carbocycles. The molecule has 0 aromatic heterocycles. The van der Waals surface area contributed by atoms with Gasteiger partial charge in [-0.2, -0.15) is 0 Å². The van der Waals surface area contributed by atoms with E-state index in [1.165, 1.54) is 12.1 Å². The van der Waals surface area contributed by atoms with Gasteiger partial charge in [-0.15, -0.1) is 11.8 Å². The van der Waals surface area contributed by atoms with E-state index in [1.54, 1.807) is 30.0 Å². The van der Waals surface area contributed by atoms with Crippen LogP contribution < -0.4 is 4.74 Å². The number of ketones is 1. The second-order valence-electron chi connectivity index (χ2n) is 4.02. The number of Topliss-reactive ketones (excluding diaryl/α,β-unsaturated/α-hetero) is 1. The van der Waals surface area contributed by atoms with E-state index in [4.69, 9.17) is 4.74 Å². The van der Waals surface area contributed by atoms with E-state index in [9.17, 15) is 9.18 Å². The molecule has 2 nitrogen and oxygen atoms in total. The van der Waals surface area contributed by atoms with Gasteiger partial charge in [0.25, 0.3) is 0 Å². The van der Waals surface area contributed by atoms with E-state index in [0.717, 1.165) is 4.90 Å². The molecule has 0 heterocycles. The number of carbonyl (C=O) groups excluding carboxylic acids is 1. The lowest BCUT2D eigenvalue weighted by Gasteiger charge is -2.08. The van der Waals surface area contributed by atoms with Crippen molar-refractivity contribution in [1.29, 1.82) is 0 Å². The van der Waals surface area contributed by atoms with Gasteiger partial charge in [-0.1, -0.05) is 12.1 Å². The molecule has 0 aliphatic rings. The molecule has 0 N–H and O–H groups in total. The van der Waals surface area contributed by atoms with Crippen molar-refractivity contribution in [2.75, 3.05) is 12.9 Å². The minimum Gasteiger partial charge on any atom is -0.484 e. The highest BCUT2D eigenvalue weighted by atomic mass is 79.9. The number of rotatable bonds is 5. The summed E-state index contributed by atoms with van der Waals surface area (Å²) in [6.45, 7) is -0.124. The van der Waals surface area contributed by atoms with Crippen molar-refractivity contribution in [3.63, 3.8) is 0 Å². The van der Waals surface area contributed by atoms with Gasteiger partial charge in [-0.3, -0.25) is 4.79 Å². The largest absolute Gasteiger partial charge is 0.484 e. The zero-order valence-electron chi connectivity index (χ0n) is 10.7. The van der Waals surface area contributed by atoms with Crippen LogP contribution in [0.15, 0.2) is 51.8 Å². The molecule has 2 aromatic carbocycles. The average molecular weight is 355 g/mol. The Morgan fingerprint density at radius 1 is 1.25 bits per heavy atom. The van der Waals surface area contributed by atoms with E-state index in [1.807, 2.05) is 18.4 Å². The molecule has 20 heavy (non-hydrogen) atoms. The minimum atomic E-state index is -0.403. The third-order valence-electron chi connectivity index (χ3n) is 2.66. The molecule has 0 radical (unpaired) electrons. The lowest BCUT2D eigenvalue weighted by Crippen LogP contribution is -2.11. The van der Waals surface area contributed by atoms with Gasteiger partial charge in [-0.05, 0) is 46.5 Å². The molecule has 0 aliphatic heterocycles. The molecule has 0 atom stereocenters. The maximum Gasteiger partial charge on any atom is 0.200 e. The lowest BCUT2D eigenvalue weighted by atomic mass is 10.1. The number of thioether (sulfide) groups is 1. The van der Waals surface area contributed by atoms with Gasteiger partial charge < -0.3 is 4.74 Å². The van der Waals surface area contributed by atoms with Crippen molar-refractivity contribution in [1.82, 2.24) is 0 Å². The van der Waals surface area contributed by atoms with Crippen LogP contribution in [0.4, 0.5) is 4.39 Å². The first-order valence-corrected chi connectivity index (χ1v) is 7.87. The standard InChI is InChI=1S/C15H12BrFO2S/c1-20-12-5-2-10(3-6-12)14(18)9-19-15-8-11(17)4-7-13(15)16/h2-8H,9H2,1H3. The van der Waals surface area contributed by atoms with Crippen LogP contribution in [0.2, 0.25) is 0 Å². The van der Waals surface area contributed by atoms with E-state index in [-0.39, 0.29) is 12.4 Å². The highest BCUT2D eigenvalue weighted by Crippen LogP contribution is 2.25. The molecule has 2 rings (SSSR count). The Hall–Kier alpha value is -1.33. The fourth-order valence-corrected chi connectivity index (χ4v) is 2.36. The Morgan fingerprint density at radius 3 is 2.60 bits per heavy atom. The molecule has 0 unspecified atom stereocenters. The number of carbonyl (C=O) groups is 1. The zero-order chi connectivity index (χ0) is 14.5. The topological polar surface area (TPSA) is 26.3 Å². The molecule has 2 aromatic rings. The summed E-state index contributed by atoms with van der Waals surface area (Å²) in [5, 5.41) is 0. The number of benzene rings is 2. The van der Waals surface area contributed by atoms with Gasteiger partial charge in [0, 0.05) is 16.5 Å². The van der Waals surface area contributed by atoms with Crippen molar-refractivity contribution in [2.45, 2.75) is 4.90 Å². The molecule has 0 aliphatic carbocycles. The van der Waals surface area contributed by atoms with Gasteiger partial charge in [0.2, 0.25) is 0 Å². The number of hydrogen-bond donors (Lipinski definition) is 0. The Bertz CT molecular complexity index is 614. The van der Waals surface area contributed by atoms with Crippen molar-refractivity contribution in [3.8, 4) is 5.75 Å². The summed E-state index contributed by atoms with van der Waals surface area (Å²) in [4.78, 5) is 13.1. The van der Waals surface area contributed by atoms with E-state index in [0.29, 0.717) is 15.8 Å². The highest BCUT2D eigenvalue weighted by molar-refractivity contribution is 9.10. The summed E-state index contributed by atoms with van der Waals surface area (Å²) in [6.07, 6.45) is 1.97. The fraction of sp³-hybridized carbons (Fsp3) is 0.133. The van der Waals surface area contributed by atoms with E-state index >= 15 is 0 Å². The van der Waals surface area contributed by atoms with E-state index in [2.05, 4.69) is 15.9 Å². The van der Waals surface area contributed by atoms with Crippen molar-refractivity contribution < 1.29 is 13.9 Å². The summed E-state index contributed by atoms with van der Waals surface area (Å²) in [5.41, 5.74) is 0.579. The summed E-state index contributed by atoms with van der Waals surface area (Å²) in [6, 6.07) is 11.4. The van der Waals surface area contributed by atoms with Crippen LogP contribution in [0, 0.1) is 5.82 Å². The summed E-state index contributed by atoms with van der Waals surface area (Å²) >= 11 is 4.86. The molecule has 0 fully saturated rings. The summed E-state index contributed by atoms with van der Waals surface area (Å²) in [7, 11) is 0. The van der Waals surface area contributed by atoms with Crippen LogP contribution in [0.25, 0.3) is 0 Å². The van der Waals surface area contributed by atoms with Crippen molar-refractivity contribution in [3.05, 3.63) is 58.3 Å². The quantitative estimate of drug-likeness (QED) is 0.581. The Labute approximate surface area is 129 Å². The smallest absolute Gasteiger partial charge is 0.200 e. The molecule has 0 spiro atoms. The molecular formula is C15H12BrFO2S. The predicted octanol–water partition coefficient (Wildman–Crippen LogP) is 4.57. The van der Waals surface area contributed by atoms with Crippen LogP contribution in [-0.4, -0.2) is 18.6 Å². The minimum absolute atomic E-state index is 0.124. The molecule has 0 bridgehead atoms. The third kappa shape index (κ3) is 3.84. The maximum atomic E-state index is 13.1. The number of hydrogen-bond acceptors (Lipinski definition) is 3. The van der Waals surface area contributed by atoms with Gasteiger partial charge >= 0.3 is 0 Å². The van der Waals surface area contributed by atoms with Crippen LogP contribution in [0.1, 0.15) is 10.4 Å². The first-order chi connectivity index (χ1) is 9.60.